The van der Waals surface area contributed by atoms with E-state index in [1.807, 2.05) is 13.0 Å². The van der Waals surface area contributed by atoms with Gasteiger partial charge in [-0.2, -0.15) is 0 Å². The number of aryl methyl sites for hydroxylation is 4. The smallest absolute Gasteiger partial charge is 0.319 e. The molecule has 25 heavy (non-hydrogen) atoms. The Bertz CT molecular complexity index is 762. The zero-order valence-corrected chi connectivity index (χ0v) is 15.7. The molecule has 134 valence electrons. The van der Waals surface area contributed by atoms with Crippen molar-refractivity contribution < 1.29 is 14.3 Å². The van der Waals surface area contributed by atoms with Crippen molar-refractivity contribution >= 4 is 11.7 Å². The SMILES string of the molecule is COc1cc(C)c(NC(=O)NCc2c(C)cc(C)cc2C)cc1OC. The molecular weight excluding hydrogens is 316 g/mol. The molecule has 0 aliphatic rings. The number of hydrogen-bond acceptors (Lipinski definition) is 3. The molecule has 0 saturated heterocycles. The maximum atomic E-state index is 12.3. The lowest BCUT2D eigenvalue weighted by molar-refractivity contribution is 0.251. The van der Waals surface area contributed by atoms with E-state index >= 15 is 0 Å². The number of ether oxygens (including phenoxy) is 2. The van der Waals surface area contributed by atoms with Crippen molar-refractivity contribution in [3.05, 3.63) is 52.1 Å². The van der Waals surface area contributed by atoms with E-state index in [1.54, 1.807) is 20.3 Å². The van der Waals surface area contributed by atoms with Gasteiger partial charge in [0.05, 0.1) is 14.2 Å². The van der Waals surface area contributed by atoms with Crippen LogP contribution < -0.4 is 20.1 Å². The summed E-state index contributed by atoms with van der Waals surface area (Å²) in [5.41, 5.74) is 6.32. The molecule has 2 rings (SSSR count). The molecule has 0 unspecified atom stereocenters. The van der Waals surface area contributed by atoms with E-state index in [0.717, 1.165) is 11.1 Å². The van der Waals surface area contributed by atoms with Gasteiger partial charge in [0.15, 0.2) is 11.5 Å². The molecule has 2 aromatic carbocycles. The van der Waals surface area contributed by atoms with Crippen LogP contribution in [-0.4, -0.2) is 20.3 Å². The summed E-state index contributed by atoms with van der Waals surface area (Å²) in [6.45, 7) is 8.59. The highest BCUT2D eigenvalue weighted by atomic mass is 16.5. The molecule has 2 aromatic rings. The van der Waals surface area contributed by atoms with Crippen molar-refractivity contribution in [2.45, 2.75) is 34.2 Å². The van der Waals surface area contributed by atoms with Gasteiger partial charge in [0.1, 0.15) is 0 Å². The third-order valence-electron chi connectivity index (χ3n) is 4.24. The van der Waals surface area contributed by atoms with Crippen molar-refractivity contribution in [2.75, 3.05) is 19.5 Å². The zero-order valence-electron chi connectivity index (χ0n) is 15.7. The van der Waals surface area contributed by atoms with Crippen LogP contribution in [0.3, 0.4) is 0 Å². The van der Waals surface area contributed by atoms with Crippen molar-refractivity contribution in [1.29, 1.82) is 0 Å². The second kappa shape index (κ2) is 7.92. The first-order valence-corrected chi connectivity index (χ1v) is 8.20. The van der Waals surface area contributed by atoms with Crippen molar-refractivity contribution in [1.82, 2.24) is 5.32 Å². The molecule has 2 amide bonds. The molecule has 5 heteroatoms. The van der Waals surface area contributed by atoms with E-state index < -0.39 is 0 Å². The molecule has 0 aliphatic carbocycles. The van der Waals surface area contributed by atoms with Crippen LogP contribution in [0.25, 0.3) is 0 Å². The standard InChI is InChI=1S/C20H26N2O3/c1-12-7-13(2)16(14(3)8-12)11-21-20(23)22-17-10-19(25-6)18(24-5)9-15(17)4/h7-10H,11H2,1-6H3,(H2,21,22,23). The minimum absolute atomic E-state index is 0.255. The summed E-state index contributed by atoms with van der Waals surface area (Å²) in [6.07, 6.45) is 0. The number of rotatable bonds is 5. The molecule has 0 fully saturated rings. The highest BCUT2D eigenvalue weighted by Gasteiger charge is 2.11. The molecule has 0 aromatic heterocycles. The fourth-order valence-electron chi connectivity index (χ4n) is 2.94. The Morgan fingerprint density at radius 2 is 1.44 bits per heavy atom. The maximum Gasteiger partial charge on any atom is 0.319 e. The van der Waals surface area contributed by atoms with E-state index in [4.69, 9.17) is 9.47 Å². The summed E-state index contributed by atoms with van der Waals surface area (Å²) in [7, 11) is 3.16. The van der Waals surface area contributed by atoms with Gasteiger partial charge in [0.2, 0.25) is 0 Å². The van der Waals surface area contributed by atoms with E-state index in [1.165, 1.54) is 16.7 Å². The molecule has 2 N–H and O–H groups in total. The first kappa shape index (κ1) is 18.6. The van der Waals surface area contributed by atoms with Gasteiger partial charge < -0.3 is 20.1 Å². The Kier molecular flexibility index (Phi) is 5.91. The molecular formula is C20H26N2O3. The van der Waals surface area contributed by atoms with E-state index in [2.05, 4.69) is 43.5 Å². The lowest BCUT2D eigenvalue weighted by atomic mass is 10.00. The van der Waals surface area contributed by atoms with Crippen LogP contribution in [0.5, 0.6) is 11.5 Å². The van der Waals surface area contributed by atoms with Crippen LogP contribution in [0.1, 0.15) is 27.8 Å². The number of anilines is 1. The van der Waals surface area contributed by atoms with Gasteiger partial charge in [-0.15, -0.1) is 0 Å². The van der Waals surface area contributed by atoms with Crippen LogP contribution in [0.2, 0.25) is 0 Å². The molecule has 0 bridgehead atoms. The topological polar surface area (TPSA) is 59.6 Å². The first-order chi connectivity index (χ1) is 11.8. The summed E-state index contributed by atoms with van der Waals surface area (Å²) in [5.74, 6) is 1.21. The summed E-state index contributed by atoms with van der Waals surface area (Å²) < 4.78 is 10.6. The number of amides is 2. The van der Waals surface area contributed by atoms with Gasteiger partial charge in [-0.05, 0) is 56.0 Å². The van der Waals surface area contributed by atoms with Gasteiger partial charge in [0.25, 0.3) is 0 Å². The van der Waals surface area contributed by atoms with E-state index in [0.29, 0.717) is 23.7 Å². The van der Waals surface area contributed by atoms with Gasteiger partial charge in [-0.3, -0.25) is 0 Å². The number of hydrogen-bond donors (Lipinski definition) is 2. The summed E-state index contributed by atoms with van der Waals surface area (Å²) in [4.78, 5) is 12.3. The molecule has 0 aliphatic heterocycles. The van der Waals surface area contributed by atoms with Crippen molar-refractivity contribution in [3.8, 4) is 11.5 Å². The predicted molar refractivity (Wildman–Crippen MR) is 101 cm³/mol. The predicted octanol–water partition coefficient (Wildman–Crippen LogP) is 4.26. The Morgan fingerprint density at radius 1 is 0.880 bits per heavy atom. The number of urea groups is 1. The molecule has 0 atom stereocenters. The van der Waals surface area contributed by atoms with Gasteiger partial charge in [0, 0.05) is 18.3 Å². The lowest BCUT2D eigenvalue weighted by Gasteiger charge is -2.15. The van der Waals surface area contributed by atoms with Gasteiger partial charge in [-0.1, -0.05) is 17.7 Å². The Hall–Kier alpha value is -2.69. The van der Waals surface area contributed by atoms with Crippen molar-refractivity contribution in [2.24, 2.45) is 0 Å². The Balaban J connectivity index is 2.09. The average molecular weight is 342 g/mol. The molecule has 0 radical (unpaired) electrons. The van der Waals surface area contributed by atoms with E-state index in [9.17, 15) is 4.79 Å². The second-order valence-electron chi connectivity index (χ2n) is 6.21. The average Bonchev–Trinajstić information content (AvgIpc) is 2.55. The molecule has 0 saturated carbocycles. The third-order valence-corrected chi connectivity index (χ3v) is 4.24. The third kappa shape index (κ3) is 4.44. The summed E-state index contributed by atoms with van der Waals surface area (Å²) >= 11 is 0. The van der Waals surface area contributed by atoms with E-state index in [-0.39, 0.29) is 6.03 Å². The monoisotopic (exact) mass is 342 g/mol. The van der Waals surface area contributed by atoms with Crippen molar-refractivity contribution in [3.63, 3.8) is 0 Å². The Labute approximate surface area is 149 Å². The van der Waals surface area contributed by atoms with Crippen LogP contribution in [-0.2, 0) is 6.54 Å². The fourth-order valence-corrected chi connectivity index (χ4v) is 2.94. The second-order valence-corrected chi connectivity index (χ2v) is 6.21. The quantitative estimate of drug-likeness (QED) is 0.853. The normalized spacial score (nSPS) is 10.3. The fraction of sp³-hybridized carbons (Fsp3) is 0.350. The zero-order chi connectivity index (χ0) is 18.6. The minimum Gasteiger partial charge on any atom is -0.493 e. The first-order valence-electron chi connectivity index (χ1n) is 8.20. The maximum absolute atomic E-state index is 12.3. The van der Waals surface area contributed by atoms with Crippen LogP contribution in [0.15, 0.2) is 24.3 Å². The molecule has 5 nitrogen and oxygen atoms in total. The number of carbonyl (C=O) groups is 1. The van der Waals surface area contributed by atoms with Gasteiger partial charge in [-0.25, -0.2) is 4.79 Å². The summed E-state index contributed by atoms with van der Waals surface area (Å²) in [6, 6.07) is 7.59. The number of benzene rings is 2. The summed E-state index contributed by atoms with van der Waals surface area (Å²) in [5, 5.41) is 5.79. The highest BCUT2D eigenvalue weighted by molar-refractivity contribution is 5.90. The Morgan fingerprint density at radius 3 is 2.00 bits per heavy atom. The number of methoxy groups -OCH3 is 2. The van der Waals surface area contributed by atoms with Crippen LogP contribution >= 0.6 is 0 Å². The minimum atomic E-state index is -0.255. The van der Waals surface area contributed by atoms with Crippen LogP contribution in [0, 0.1) is 27.7 Å². The molecule has 0 spiro atoms. The van der Waals surface area contributed by atoms with Gasteiger partial charge >= 0.3 is 6.03 Å². The lowest BCUT2D eigenvalue weighted by Crippen LogP contribution is -2.29. The number of carbonyl (C=O) groups excluding carboxylic acids is 1. The van der Waals surface area contributed by atoms with Crippen LogP contribution in [0.4, 0.5) is 10.5 Å². The molecule has 0 heterocycles. The highest BCUT2D eigenvalue weighted by Crippen LogP contribution is 2.32. The number of nitrogens with one attached hydrogen (secondary N) is 2. The largest absolute Gasteiger partial charge is 0.493 e.